The first-order chi connectivity index (χ1) is 10.6. The standard InChI is InChI=1S/C17H24N4O/c1-4-18-17(22)19-11-5-7-15-13(9-11)14-10-12(21(2)3)6-8-16(14)20-15/h5,7,9,12,20H,4,6,8,10H2,1-3H3,(H2,18,19,22). The summed E-state index contributed by atoms with van der Waals surface area (Å²) in [5, 5.41) is 6.88. The smallest absolute Gasteiger partial charge is 0.319 e. The number of benzene rings is 1. The van der Waals surface area contributed by atoms with Crippen LogP contribution in [0.2, 0.25) is 0 Å². The lowest BCUT2D eigenvalue weighted by atomic mass is 9.91. The van der Waals surface area contributed by atoms with Crippen LogP contribution in [0.15, 0.2) is 18.2 Å². The van der Waals surface area contributed by atoms with Crippen molar-refractivity contribution < 1.29 is 4.79 Å². The number of anilines is 1. The van der Waals surface area contributed by atoms with E-state index in [-0.39, 0.29) is 6.03 Å². The van der Waals surface area contributed by atoms with Gasteiger partial charge in [-0.2, -0.15) is 0 Å². The van der Waals surface area contributed by atoms with Gasteiger partial charge in [-0.25, -0.2) is 4.79 Å². The van der Waals surface area contributed by atoms with Crippen LogP contribution in [0.4, 0.5) is 10.5 Å². The van der Waals surface area contributed by atoms with Crippen LogP contribution in [-0.4, -0.2) is 42.6 Å². The number of rotatable bonds is 3. The molecule has 0 radical (unpaired) electrons. The average molecular weight is 300 g/mol. The average Bonchev–Trinajstić information content (AvgIpc) is 2.84. The molecule has 2 amide bonds. The number of fused-ring (bicyclic) bond motifs is 3. The van der Waals surface area contributed by atoms with Crippen LogP contribution in [0.25, 0.3) is 10.9 Å². The van der Waals surface area contributed by atoms with Gasteiger partial charge in [0.05, 0.1) is 0 Å². The van der Waals surface area contributed by atoms with Crippen molar-refractivity contribution in [3.8, 4) is 0 Å². The van der Waals surface area contributed by atoms with E-state index in [0.717, 1.165) is 24.0 Å². The van der Waals surface area contributed by atoms with Crippen LogP contribution in [0.3, 0.4) is 0 Å². The Morgan fingerprint density at radius 2 is 2.23 bits per heavy atom. The molecular formula is C17H24N4O. The lowest BCUT2D eigenvalue weighted by Gasteiger charge is -2.28. The second-order valence-corrected chi connectivity index (χ2v) is 6.19. The van der Waals surface area contributed by atoms with Crippen molar-refractivity contribution in [1.29, 1.82) is 0 Å². The normalized spacial score (nSPS) is 17.5. The summed E-state index contributed by atoms with van der Waals surface area (Å²) in [6.45, 7) is 2.53. The molecule has 118 valence electrons. The van der Waals surface area contributed by atoms with E-state index in [1.807, 2.05) is 13.0 Å². The number of carbonyl (C=O) groups excluding carboxylic acids is 1. The Bertz CT molecular complexity index is 689. The minimum Gasteiger partial charge on any atom is -0.358 e. The molecule has 1 heterocycles. The predicted molar refractivity (Wildman–Crippen MR) is 90.5 cm³/mol. The zero-order valence-electron chi connectivity index (χ0n) is 13.5. The van der Waals surface area contributed by atoms with E-state index in [1.54, 1.807) is 0 Å². The van der Waals surface area contributed by atoms with Gasteiger partial charge in [0.1, 0.15) is 0 Å². The fourth-order valence-electron chi connectivity index (χ4n) is 3.25. The van der Waals surface area contributed by atoms with Crippen molar-refractivity contribution in [1.82, 2.24) is 15.2 Å². The van der Waals surface area contributed by atoms with Crippen LogP contribution < -0.4 is 10.6 Å². The molecule has 0 saturated heterocycles. The van der Waals surface area contributed by atoms with Gasteiger partial charge < -0.3 is 20.5 Å². The lowest BCUT2D eigenvalue weighted by Crippen LogP contribution is -2.33. The van der Waals surface area contributed by atoms with E-state index in [4.69, 9.17) is 0 Å². The highest BCUT2D eigenvalue weighted by atomic mass is 16.2. The number of carbonyl (C=O) groups is 1. The number of nitrogens with one attached hydrogen (secondary N) is 3. The molecular weight excluding hydrogens is 276 g/mol. The van der Waals surface area contributed by atoms with E-state index in [1.165, 1.54) is 23.1 Å². The summed E-state index contributed by atoms with van der Waals surface area (Å²) < 4.78 is 0. The maximum absolute atomic E-state index is 11.7. The Labute approximate surface area is 131 Å². The molecule has 1 aliphatic carbocycles. The summed E-state index contributed by atoms with van der Waals surface area (Å²) in [4.78, 5) is 17.5. The largest absolute Gasteiger partial charge is 0.358 e. The summed E-state index contributed by atoms with van der Waals surface area (Å²) in [5.41, 5.74) is 4.75. The number of urea groups is 1. The topological polar surface area (TPSA) is 60.2 Å². The monoisotopic (exact) mass is 300 g/mol. The van der Waals surface area contributed by atoms with Crippen LogP contribution in [-0.2, 0) is 12.8 Å². The highest BCUT2D eigenvalue weighted by Crippen LogP contribution is 2.32. The molecule has 3 N–H and O–H groups in total. The molecule has 3 rings (SSSR count). The lowest BCUT2D eigenvalue weighted by molar-refractivity contribution is 0.252. The van der Waals surface area contributed by atoms with Gasteiger partial charge in [0, 0.05) is 34.9 Å². The molecule has 2 aromatic rings. The number of aromatic amines is 1. The van der Waals surface area contributed by atoms with Gasteiger partial charge in [0.2, 0.25) is 0 Å². The Kier molecular flexibility index (Phi) is 4.07. The summed E-state index contributed by atoms with van der Waals surface area (Å²) in [6, 6.07) is 6.52. The number of likely N-dealkylation sites (N-methyl/N-ethyl adjacent to an activating group) is 1. The molecule has 1 aromatic carbocycles. The van der Waals surface area contributed by atoms with Crippen molar-refractivity contribution >= 4 is 22.6 Å². The summed E-state index contributed by atoms with van der Waals surface area (Å²) in [5.74, 6) is 0. The van der Waals surface area contributed by atoms with Gasteiger partial charge >= 0.3 is 6.03 Å². The zero-order chi connectivity index (χ0) is 15.7. The molecule has 1 atom stereocenters. The van der Waals surface area contributed by atoms with Crippen molar-refractivity contribution in [3.63, 3.8) is 0 Å². The maximum atomic E-state index is 11.7. The van der Waals surface area contributed by atoms with Crippen LogP contribution in [0.5, 0.6) is 0 Å². The number of nitrogens with zero attached hydrogens (tertiary/aromatic N) is 1. The third kappa shape index (κ3) is 2.81. The number of amides is 2. The van der Waals surface area contributed by atoms with Gasteiger partial charge in [0.15, 0.2) is 0 Å². The third-order valence-electron chi connectivity index (χ3n) is 4.49. The fourth-order valence-corrected chi connectivity index (χ4v) is 3.25. The molecule has 5 heteroatoms. The maximum Gasteiger partial charge on any atom is 0.319 e. The molecule has 0 saturated carbocycles. The zero-order valence-corrected chi connectivity index (χ0v) is 13.5. The molecule has 1 unspecified atom stereocenters. The number of hydrogen-bond donors (Lipinski definition) is 3. The van der Waals surface area contributed by atoms with Crippen molar-refractivity contribution in [2.75, 3.05) is 26.0 Å². The molecule has 1 aromatic heterocycles. The van der Waals surface area contributed by atoms with Crippen LogP contribution in [0, 0.1) is 0 Å². The Morgan fingerprint density at radius 1 is 1.41 bits per heavy atom. The molecule has 5 nitrogen and oxygen atoms in total. The molecule has 1 aliphatic rings. The first kappa shape index (κ1) is 14.9. The molecule has 0 spiro atoms. The van der Waals surface area contributed by atoms with E-state index >= 15 is 0 Å². The van der Waals surface area contributed by atoms with Crippen molar-refractivity contribution in [2.45, 2.75) is 32.2 Å². The summed E-state index contributed by atoms with van der Waals surface area (Å²) >= 11 is 0. The predicted octanol–water partition coefficient (Wildman–Crippen LogP) is 2.73. The quantitative estimate of drug-likeness (QED) is 0.816. The Morgan fingerprint density at radius 3 is 2.95 bits per heavy atom. The van der Waals surface area contributed by atoms with Gasteiger partial charge in [-0.3, -0.25) is 0 Å². The number of H-pyrrole nitrogens is 1. The summed E-state index contributed by atoms with van der Waals surface area (Å²) in [6.07, 6.45) is 3.34. The Hall–Kier alpha value is -2.01. The molecule has 0 bridgehead atoms. The molecule has 22 heavy (non-hydrogen) atoms. The van der Waals surface area contributed by atoms with Gasteiger partial charge in [-0.1, -0.05) is 0 Å². The highest BCUT2D eigenvalue weighted by molar-refractivity contribution is 5.94. The van der Waals surface area contributed by atoms with Crippen LogP contribution >= 0.6 is 0 Å². The van der Waals surface area contributed by atoms with Gasteiger partial charge in [-0.05, 0) is 64.0 Å². The number of aryl methyl sites for hydroxylation is 1. The van der Waals surface area contributed by atoms with Crippen molar-refractivity contribution in [2.24, 2.45) is 0 Å². The number of hydrogen-bond acceptors (Lipinski definition) is 2. The van der Waals surface area contributed by atoms with Crippen LogP contribution in [0.1, 0.15) is 24.6 Å². The second kappa shape index (κ2) is 6.01. The molecule has 0 fully saturated rings. The fraction of sp³-hybridized carbons (Fsp3) is 0.471. The first-order valence-corrected chi connectivity index (χ1v) is 7.93. The van der Waals surface area contributed by atoms with E-state index < -0.39 is 0 Å². The Balaban J connectivity index is 1.91. The highest BCUT2D eigenvalue weighted by Gasteiger charge is 2.23. The van der Waals surface area contributed by atoms with E-state index in [0.29, 0.717) is 12.6 Å². The van der Waals surface area contributed by atoms with E-state index in [2.05, 4.69) is 46.7 Å². The van der Waals surface area contributed by atoms with Gasteiger partial charge in [-0.15, -0.1) is 0 Å². The third-order valence-corrected chi connectivity index (χ3v) is 4.49. The number of aromatic nitrogens is 1. The first-order valence-electron chi connectivity index (χ1n) is 7.93. The molecule has 0 aliphatic heterocycles. The van der Waals surface area contributed by atoms with Crippen molar-refractivity contribution in [3.05, 3.63) is 29.5 Å². The second-order valence-electron chi connectivity index (χ2n) is 6.19. The minimum atomic E-state index is -0.155. The van der Waals surface area contributed by atoms with Gasteiger partial charge in [0.25, 0.3) is 0 Å². The minimum absolute atomic E-state index is 0.155. The SMILES string of the molecule is CCNC(=O)Nc1ccc2[nH]c3c(c2c1)CC(N(C)C)CC3. The summed E-state index contributed by atoms with van der Waals surface area (Å²) in [7, 11) is 4.29. The van der Waals surface area contributed by atoms with E-state index in [9.17, 15) is 4.79 Å².